The fourth-order valence-corrected chi connectivity index (χ4v) is 4.00. The summed E-state index contributed by atoms with van der Waals surface area (Å²) in [5, 5.41) is 0. The second kappa shape index (κ2) is 9.10. The molecule has 4 rings (SSSR count). The van der Waals surface area contributed by atoms with Crippen LogP contribution in [0.4, 0.5) is 24.8 Å². The Kier molecular flexibility index (Phi) is 6.23. The number of nitrogens with one attached hydrogen (secondary N) is 1. The highest BCUT2D eigenvalue weighted by Gasteiger charge is 2.21. The van der Waals surface area contributed by atoms with Gasteiger partial charge in [0, 0.05) is 23.4 Å². The minimum atomic E-state index is -0.822. The molecule has 0 bridgehead atoms. The zero-order valence-corrected chi connectivity index (χ0v) is 18.5. The van der Waals surface area contributed by atoms with Gasteiger partial charge in [0.05, 0.1) is 11.9 Å². The summed E-state index contributed by atoms with van der Waals surface area (Å²) >= 11 is 1.11. The molecular formula is C22H19F3N6OS. The van der Waals surface area contributed by atoms with Gasteiger partial charge in [-0.1, -0.05) is 12.1 Å². The number of hydrogen-bond donors (Lipinski definition) is 2. The molecule has 0 atom stereocenters. The number of aromatic nitrogens is 4. The van der Waals surface area contributed by atoms with Crippen molar-refractivity contribution in [1.82, 2.24) is 19.5 Å². The van der Waals surface area contributed by atoms with Gasteiger partial charge in [0.25, 0.3) is 5.56 Å². The van der Waals surface area contributed by atoms with Gasteiger partial charge >= 0.3 is 0 Å². The van der Waals surface area contributed by atoms with Crippen LogP contribution < -0.4 is 16.0 Å². The summed E-state index contributed by atoms with van der Waals surface area (Å²) in [6.45, 7) is 3.51. The van der Waals surface area contributed by atoms with Crippen molar-refractivity contribution in [1.29, 1.82) is 0 Å². The Morgan fingerprint density at radius 1 is 1.09 bits per heavy atom. The van der Waals surface area contributed by atoms with E-state index in [1.807, 2.05) is 0 Å². The van der Waals surface area contributed by atoms with Crippen molar-refractivity contribution in [3.63, 3.8) is 0 Å². The molecule has 0 aliphatic heterocycles. The summed E-state index contributed by atoms with van der Waals surface area (Å²) in [7, 11) is 0. The van der Waals surface area contributed by atoms with Crippen LogP contribution in [0.15, 0.2) is 47.4 Å². The van der Waals surface area contributed by atoms with Gasteiger partial charge in [0.2, 0.25) is 5.95 Å². The first kappa shape index (κ1) is 22.6. The van der Waals surface area contributed by atoms with Crippen LogP contribution in [0.5, 0.6) is 0 Å². The van der Waals surface area contributed by atoms with Crippen LogP contribution >= 0.6 is 11.9 Å². The van der Waals surface area contributed by atoms with Crippen LogP contribution in [-0.2, 0) is 5.75 Å². The zero-order chi connectivity index (χ0) is 23.7. The monoisotopic (exact) mass is 472 g/mol. The Hall–Kier alpha value is -3.60. The average molecular weight is 472 g/mol. The van der Waals surface area contributed by atoms with Crippen LogP contribution in [0, 0.1) is 17.5 Å². The molecule has 2 heterocycles. The summed E-state index contributed by atoms with van der Waals surface area (Å²) in [6.07, 6.45) is 1.33. The van der Waals surface area contributed by atoms with Gasteiger partial charge in [-0.3, -0.25) is 9.36 Å². The third-order valence-corrected chi connectivity index (χ3v) is 5.65. The molecule has 2 aromatic carbocycles. The van der Waals surface area contributed by atoms with Gasteiger partial charge in [0.15, 0.2) is 5.65 Å². The van der Waals surface area contributed by atoms with Crippen molar-refractivity contribution >= 4 is 34.7 Å². The molecule has 7 nitrogen and oxygen atoms in total. The first-order valence-corrected chi connectivity index (χ1v) is 10.9. The molecule has 0 spiro atoms. The third kappa shape index (κ3) is 4.63. The quantitative estimate of drug-likeness (QED) is 0.393. The van der Waals surface area contributed by atoms with Crippen molar-refractivity contribution in [2.24, 2.45) is 0 Å². The number of halogens is 3. The number of rotatable bonds is 6. The predicted octanol–water partition coefficient (Wildman–Crippen LogP) is 4.69. The SMILES string of the molecule is CC(C)n1c(=O)c(-c2cc(F)c(NSCc3ccc(F)cc3)cc2F)nc2cnc(N)nc21. The number of nitrogens with zero attached hydrogens (tertiary/aromatic N) is 4. The minimum absolute atomic E-state index is 0.0309. The van der Waals surface area contributed by atoms with Gasteiger partial charge in [-0.2, -0.15) is 4.98 Å². The normalized spacial score (nSPS) is 11.3. The Balaban J connectivity index is 1.68. The number of nitrogens with two attached hydrogens (primary N) is 1. The second-order valence-corrected chi connectivity index (χ2v) is 8.28. The number of nitrogen functional groups attached to an aromatic ring is 1. The van der Waals surface area contributed by atoms with Gasteiger partial charge in [-0.15, -0.1) is 0 Å². The lowest BCUT2D eigenvalue weighted by molar-refractivity contribution is 0.589. The van der Waals surface area contributed by atoms with Gasteiger partial charge in [0.1, 0.15) is 28.7 Å². The van der Waals surface area contributed by atoms with Gasteiger partial charge < -0.3 is 10.5 Å². The zero-order valence-electron chi connectivity index (χ0n) is 17.6. The fraction of sp³-hybridized carbons (Fsp3) is 0.182. The van der Waals surface area contributed by atoms with Crippen LogP contribution in [0.2, 0.25) is 0 Å². The maximum Gasteiger partial charge on any atom is 0.279 e. The molecule has 0 saturated carbocycles. The summed E-state index contributed by atoms with van der Waals surface area (Å²) in [4.78, 5) is 25.2. The van der Waals surface area contributed by atoms with E-state index >= 15 is 0 Å². The van der Waals surface area contributed by atoms with Crippen LogP contribution in [0.1, 0.15) is 25.5 Å². The number of anilines is 2. The molecular weight excluding hydrogens is 453 g/mol. The Morgan fingerprint density at radius 3 is 2.52 bits per heavy atom. The van der Waals surface area contributed by atoms with E-state index in [2.05, 4.69) is 19.7 Å². The molecule has 2 aromatic heterocycles. The van der Waals surface area contributed by atoms with E-state index in [1.54, 1.807) is 26.0 Å². The van der Waals surface area contributed by atoms with Crippen molar-refractivity contribution in [2.45, 2.75) is 25.6 Å². The molecule has 0 radical (unpaired) electrons. The molecule has 0 aliphatic rings. The van der Waals surface area contributed by atoms with E-state index in [0.29, 0.717) is 5.75 Å². The van der Waals surface area contributed by atoms with Gasteiger partial charge in [-0.05, 0) is 49.6 Å². The summed E-state index contributed by atoms with van der Waals surface area (Å²) in [5.74, 6) is -1.57. The lowest BCUT2D eigenvalue weighted by Gasteiger charge is -2.15. The van der Waals surface area contributed by atoms with E-state index in [-0.39, 0.29) is 45.9 Å². The number of fused-ring (bicyclic) bond motifs is 1. The highest BCUT2D eigenvalue weighted by atomic mass is 32.2. The topological polar surface area (TPSA) is 98.7 Å². The van der Waals surface area contributed by atoms with E-state index in [0.717, 1.165) is 29.6 Å². The lowest BCUT2D eigenvalue weighted by atomic mass is 10.1. The van der Waals surface area contributed by atoms with Crippen molar-refractivity contribution in [2.75, 3.05) is 10.5 Å². The Bertz CT molecular complexity index is 1390. The molecule has 0 saturated heterocycles. The lowest BCUT2D eigenvalue weighted by Crippen LogP contribution is -2.26. The molecule has 4 aromatic rings. The summed E-state index contributed by atoms with van der Waals surface area (Å²) in [5.41, 5.74) is 5.63. The molecule has 0 unspecified atom stereocenters. The van der Waals surface area contributed by atoms with E-state index in [1.165, 1.54) is 22.9 Å². The second-order valence-electron chi connectivity index (χ2n) is 7.50. The van der Waals surface area contributed by atoms with Crippen LogP contribution in [0.25, 0.3) is 22.4 Å². The first-order valence-electron chi connectivity index (χ1n) is 9.91. The van der Waals surface area contributed by atoms with Crippen molar-refractivity contribution in [3.05, 3.63) is 76.0 Å². The summed E-state index contributed by atoms with van der Waals surface area (Å²) < 4.78 is 46.8. The molecule has 3 N–H and O–H groups in total. The van der Waals surface area contributed by atoms with Gasteiger partial charge in [-0.25, -0.2) is 23.1 Å². The first-order chi connectivity index (χ1) is 15.7. The molecule has 33 heavy (non-hydrogen) atoms. The smallest absolute Gasteiger partial charge is 0.279 e. The largest absolute Gasteiger partial charge is 0.368 e. The number of hydrogen-bond acceptors (Lipinski definition) is 7. The Morgan fingerprint density at radius 2 is 1.82 bits per heavy atom. The molecule has 0 aliphatic carbocycles. The third-order valence-electron chi connectivity index (χ3n) is 4.81. The summed E-state index contributed by atoms with van der Waals surface area (Å²) in [6, 6.07) is 7.41. The average Bonchev–Trinajstić information content (AvgIpc) is 2.76. The molecule has 0 fully saturated rings. The van der Waals surface area contributed by atoms with Crippen LogP contribution in [0.3, 0.4) is 0 Å². The minimum Gasteiger partial charge on any atom is -0.368 e. The Labute approximate surface area is 191 Å². The van der Waals surface area contributed by atoms with E-state index in [9.17, 15) is 18.0 Å². The van der Waals surface area contributed by atoms with Crippen LogP contribution in [-0.4, -0.2) is 19.5 Å². The highest BCUT2D eigenvalue weighted by Crippen LogP contribution is 2.28. The predicted molar refractivity (Wildman–Crippen MR) is 123 cm³/mol. The molecule has 0 amide bonds. The highest BCUT2D eigenvalue weighted by molar-refractivity contribution is 7.99. The fourth-order valence-electron chi connectivity index (χ4n) is 3.25. The molecule has 11 heteroatoms. The molecule has 170 valence electrons. The van der Waals surface area contributed by atoms with E-state index in [4.69, 9.17) is 5.73 Å². The standard InChI is InChI=1S/C22H19F3N6OS/c1-11(2)31-20-18(9-27-22(26)29-20)28-19(21(31)32)14-7-16(25)17(8-15(14)24)30-33-10-12-3-5-13(23)6-4-12/h3-9,11,30H,10H2,1-2H3,(H2,26,27,29). The number of benzene rings is 2. The van der Waals surface area contributed by atoms with E-state index < -0.39 is 17.2 Å². The maximum atomic E-state index is 15.0. The van der Waals surface area contributed by atoms with Crippen molar-refractivity contribution in [3.8, 4) is 11.3 Å². The van der Waals surface area contributed by atoms with Crippen molar-refractivity contribution < 1.29 is 13.2 Å². The maximum absolute atomic E-state index is 15.0.